The Morgan fingerprint density at radius 2 is 2.50 bits per heavy atom. The molecule has 1 amide bonds. The average Bonchev–Trinajstić information content (AvgIpc) is 2.46. The quantitative estimate of drug-likeness (QED) is 0.705. The molecule has 2 saturated heterocycles. The summed E-state index contributed by atoms with van der Waals surface area (Å²) in [5, 5.41) is 3.34. The summed E-state index contributed by atoms with van der Waals surface area (Å²) in [4.78, 5) is 13.7. The number of carbonyl (C=O) groups excluding carboxylic acids is 1. The molecule has 2 aliphatic heterocycles. The van der Waals surface area contributed by atoms with Crippen LogP contribution in [0.4, 0.5) is 0 Å². The van der Waals surface area contributed by atoms with Gasteiger partial charge in [-0.25, -0.2) is 0 Å². The first kappa shape index (κ1) is 11.8. The van der Waals surface area contributed by atoms with Crippen molar-refractivity contribution in [2.75, 3.05) is 53.1 Å². The van der Waals surface area contributed by atoms with Gasteiger partial charge in [0.05, 0.1) is 19.8 Å². The van der Waals surface area contributed by atoms with E-state index in [1.807, 2.05) is 4.90 Å². The molecular weight excluding hydrogens is 208 g/mol. The summed E-state index contributed by atoms with van der Waals surface area (Å²) < 4.78 is 10.6. The van der Waals surface area contributed by atoms with Crippen LogP contribution in [-0.4, -0.2) is 63.9 Å². The lowest BCUT2D eigenvalue weighted by atomic mass is 9.88. The number of carbonyl (C=O) groups is 1. The maximum absolute atomic E-state index is 11.9. The highest BCUT2D eigenvalue weighted by Crippen LogP contribution is 2.31. The van der Waals surface area contributed by atoms with Gasteiger partial charge in [-0.15, -0.1) is 0 Å². The number of rotatable bonds is 3. The van der Waals surface area contributed by atoms with Gasteiger partial charge in [-0.05, 0) is 0 Å². The minimum absolute atomic E-state index is 0.0126. The Morgan fingerprint density at radius 3 is 3.31 bits per heavy atom. The van der Waals surface area contributed by atoms with Gasteiger partial charge in [0.1, 0.15) is 0 Å². The standard InChI is InChI=1S/C11H20N2O3/c1-15-5-3-13-8-11(6-10(13)14)7-12-2-4-16-9-11/h12H,2-9H2,1H3. The molecule has 2 heterocycles. The first-order chi connectivity index (χ1) is 7.76. The molecule has 5 heteroatoms. The highest BCUT2D eigenvalue weighted by Gasteiger charge is 2.43. The minimum atomic E-state index is -0.0126. The molecule has 0 aliphatic carbocycles. The Labute approximate surface area is 96.1 Å². The second-order valence-corrected chi connectivity index (χ2v) is 4.71. The summed E-state index contributed by atoms with van der Waals surface area (Å²) in [6, 6.07) is 0. The number of hydrogen-bond donors (Lipinski definition) is 1. The number of hydrogen-bond acceptors (Lipinski definition) is 4. The van der Waals surface area contributed by atoms with Gasteiger partial charge < -0.3 is 19.7 Å². The van der Waals surface area contributed by atoms with E-state index in [0.717, 1.165) is 26.2 Å². The maximum atomic E-state index is 11.9. The molecule has 0 saturated carbocycles. The third-order valence-electron chi connectivity index (χ3n) is 3.30. The van der Waals surface area contributed by atoms with Crippen molar-refractivity contribution in [2.45, 2.75) is 6.42 Å². The molecule has 0 aromatic rings. The molecule has 16 heavy (non-hydrogen) atoms. The van der Waals surface area contributed by atoms with Crippen LogP contribution >= 0.6 is 0 Å². The van der Waals surface area contributed by atoms with Crippen LogP contribution in [0.1, 0.15) is 6.42 Å². The first-order valence-electron chi connectivity index (χ1n) is 5.81. The van der Waals surface area contributed by atoms with E-state index >= 15 is 0 Å². The molecule has 0 aromatic carbocycles. The van der Waals surface area contributed by atoms with Gasteiger partial charge in [0.2, 0.25) is 5.91 Å². The molecule has 5 nitrogen and oxygen atoms in total. The number of methoxy groups -OCH3 is 1. The Balaban J connectivity index is 1.94. The summed E-state index contributed by atoms with van der Waals surface area (Å²) in [7, 11) is 1.66. The Bertz CT molecular complexity index is 250. The van der Waals surface area contributed by atoms with Crippen LogP contribution in [0.15, 0.2) is 0 Å². The van der Waals surface area contributed by atoms with E-state index in [0.29, 0.717) is 26.2 Å². The smallest absolute Gasteiger partial charge is 0.223 e. The van der Waals surface area contributed by atoms with Crippen molar-refractivity contribution in [3.8, 4) is 0 Å². The fourth-order valence-corrected chi connectivity index (χ4v) is 2.44. The normalized spacial score (nSPS) is 31.1. The third-order valence-corrected chi connectivity index (χ3v) is 3.30. The minimum Gasteiger partial charge on any atom is -0.383 e. The predicted molar refractivity (Wildman–Crippen MR) is 59.2 cm³/mol. The number of nitrogens with zero attached hydrogens (tertiary/aromatic N) is 1. The Morgan fingerprint density at radius 1 is 1.62 bits per heavy atom. The largest absolute Gasteiger partial charge is 0.383 e. The molecule has 1 spiro atoms. The van der Waals surface area contributed by atoms with Gasteiger partial charge in [-0.1, -0.05) is 0 Å². The molecular formula is C11H20N2O3. The van der Waals surface area contributed by atoms with Gasteiger partial charge in [0, 0.05) is 45.1 Å². The predicted octanol–water partition coefficient (Wildman–Crippen LogP) is -0.529. The zero-order valence-corrected chi connectivity index (χ0v) is 9.83. The van der Waals surface area contributed by atoms with Gasteiger partial charge >= 0.3 is 0 Å². The van der Waals surface area contributed by atoms with E-state index in [9.17, 15) is 4.79 Å². The van der Waals surface area contributed by atoms with Crippen LogP contribution in [0, 0.1) is 5.41 Å². The summed E-state index contributed by atoms with van der Waals surface area (Å²) in [6.45, 7) is 5.29. The van der Waals surface area contributed by atoms with E-state index in [2.05, 4.69) is 5.32 Å². The highest BCUT2D eigenvalue weighted by atomic mass is 16.5. The SMILES string of the molecule is COCCN1CC2(CNCCOC2)CC1=O. The van der Waals surface area contributed by atoms with Crippen molar-refractivity contribution < 1.29 is 14.3 Å². The Hall–Kier alpha value is -0.650. The summed E-state index contributed by atoms with van der Waals surface area (Å²) in [5.74, 6) is 0.226. The van der Waals surface area contributed by atoms with E-state index in [4.69, 9.17) is 9.47 Å². The third kappa shape index (κ3) is 2.53. The molecule has 2 aliphatic rings. The molecule has 1 atom stereocenters. The van der Waals surface area contributed by atoms with Gasteiger partial charge in [0.15, 0.2) is 0 Å². The van der Waals surface area contributed by atoms with Crippen molar-refractivity contribution in [1.29, 1.82) is 0 Å². The molecule has 0 bridgehead atoms. The average molecular weight is 228 g/mol. The Kier molecular flexibility index (Phi) is 3.78. The number of ether oxygens (including phenoxy) is 2. The van der Waals surface area contributed by atoms with E-state index in [1.165, 1.54) is 0 Å². The molecule has 92 valence electrons. The molecule has 1 unspecified atom stereocenters. The summed E-state index contributed by atoms with van der Waals surface area (Å²) in [6.07, 6.45) is 0.601. The van der Waals surface area contributed by atoms with Crippen molar-refractivity contribution in [3.05, 3.63) is 0 Å². The number of likely N-dealkylation sites (tertiary alicyclic amines) is 1. The molecule has 1 N–H and O–H groups in total. The van der Waals surface area contributed by atoms with Crippen molar-refractivity contribution >= 4 is 5.91 Å². The zero-order chi connectivity index (χ0) is 11.4. The van der Waals surface area contributed by atoms with Crippen molar-refractivity contribution in [2.24, 2.45) is 5.41 Å². The van der Waals surface area contributed by atoms with Crippen LogP contribution in [0.5, 0.6) is 0 Å². The van der Waals surface area contributed by atoms with Crippen molar-refractivity contribution in [3.63, 3.8) is 0 Å². The van der Waals surface area contributed by atoms with E-state index in [1.54, 1.807) is 7.11 Å². The fourth-order valence-electron chi connectivity index (χ4n) is 2.44. The summed E-state index contributed by atoms with van der Waals surface area (Å²) in [5.41, 5.74) is -0.0126. The number of nitrogens with one attached hydrogen (secondary N) is 1. The van der Waals surface area contributed by atoms with Crippen LogP contribution in [-0.2, 0) is 14.3 Å². The summed E-state index contributed by atoms with van der Waals surface area (Å²) >= 11 is 0. The number of amides is 1. The molecule has 2 rings (SSSR count). The second-order valence-electron chi connectivity index (χ2n) is 4.71. The van der Waals surface area contributed by atoms with Gasteiger partial charge in [-0.2, -0.15) is 0 Å². The molecule has 0 aromatic heterocycles. The van der Waals surface area contributed by atoms with Gasteiger partial charge in [0.25, 0.3) is 0 Å². The maximum Gasteiger partial charge on any atom is 0.223 e. The monoisotopic (exact) mass is 228 g/mol. The van der Waals surface area contributed by atoms with Gasteiger partial charge in [-0.3, -0.25) is 4.79 Å². The first-order valence-corrected chi connectivity index (χ1v) is 5.81. The van der Waals surface area contributed by atoms with Crippen molar-refractivity contribution in [1.82, 2.24) is 10.2 Å². The lowest BCUT2D eigenvalue weighted by Crippen LogP contribution is -2.39. The van der Waals surface area contributed by atoms with Crippen LogP contribution in [0.3, 0.4) is 0 Å². The van der Waals surface area contributed by atoms with E-state index < -0.39 is 0 Å². The van der Waals surface area contributed by atoms with Crippen LogP contribution < -0.4 is 5.32 Å². The lowest BCUT2D eigenvalue weighted by Gasteiger charge is -2.26. The van der Waals surface area contributed by atoms with E-state index in [-0.39, 0.29) is 11.3 Å². The van der Waals surface area contributed by atoms with Crippen LogP contribution in [0.2, 0.25) is 0 Å². The zero-order valence-electron chi connectivity index (χ0n) is 9.83. The second kappa shape index (κ2) is 5.12. The lowest BCUT2D eigenvalue weighted by molar-refractivity contribution is -0.128. The fraction of sp³-hybridized carbons (Fsp3) is 0.909. The van der Waals surface area contributed by atoms with Crippen LogP contribution in [0.25, 0.3) is 0 Å². The highest BCUT2D eigenvalue weighted by molar-refractivity contribution is 5.79. The topological polar surface area (TPSA) is 50.8 Å². The molecule has 0 radical (unpaired) electrons. The molecule has 2 fully saturated rings.